The summed E-state index contributed by atoms with van der Waals surface area (Å²) in [4.78, 5) is -0.619. The molecule has 4 rings (SSSR count). The Labute approximate surface area is 227 Å². The van der Waals surface area contributed by atoms with Crippen LogP contribution in [0.2, 0.25) is 0 Å². The quantitative estimate of drug-likeness (QED) is 0.380. The van der Waals surface area contributed by atoms with Crippen LogP contribution in [0, 0.1) is 0 Å². The Kier molecular flexibility index (Phi) is 7.96. The lowest BCUT2D eigenvalue weighted by Crippen LogP contribution is -2.54. The molecule has 0 aliphatic carbocycles. The highest BCUT2D eigenvalue weighted by Crippen LogP contribution is 2.41. The van der Waals surface area contributed by atoms with Gasteiger partial charge in [0.05, 0.1) is 27.5 Å². The molecule has 6 nitrogen and oxygen atoms in total. The maximum Gasteiger partial charge on any atom is 0.417 e. The van der Waals surface area contributed by atoms with Gasteiger partial charge < -0.3 is 4.74 Å². The summed E-state index contributed by atoms with van der Waals surface area (Å²) < 4.78 is 127. The van der Waals surface area contributed by atoms with E-state index < -0.39 is 55.1 Å². The van der Waals surface area contributed by atoms with Crippen molar-refractivity contribution in [3.05, 3.63) is 56.5 Å². The van der Waals surface area contributed by atoms with Gasteiger partial charge in [-0.05, 0) is 36.4 Å². The molecule has 0 saturated carbocycles. The highest BCUT2D eigenvalue weighted by molar-refractivity contribution is 9.10. The Bertz CT molecular complexity index is 1330. The number of piperidine rings is 1. The third kappa shape index (κ3) is 5.65. The molecule has 37 heavy (non-hydrogen) atoms. The summed E-state index contributed by atoms with van der Waals surface area (Å²) in [6, 6.07) is 5.88. The minimum Gasteiger partial charge on any atom is -0.358 e. The van der Waals surface area contributed by atoms with Gasteiger partial charge in [-0.15, -0.1) is 0 Å². The molecule has 1 atom stereocenters. The van der Waals surface area contributed by atoms with E-state index in [1.54, 1.807) is 0 Å². The zero-order valence-electron chi connectivity index (χ0n) is 18.6. The summed E-state index contributed by atoms with van der Waals surface area (Å²) in [5.41, 5.74) is -3.31. The van der Waals surface area contributed by atoms with Crippen LogP contribution in [0.4, 0.5) is 26.3 Å². The third-order valence-electron chi connectivity index (χ3n) is 6.15. The van der Waals surface area contributed by atoms with Crippen molar-refractivity contribution in [1.82, 2.24) is 8.61 Å². The van der Waals surface area contributed by atoms with Crippen molar-refractivity contribution in [3.63, 3.8) is 0 Å². The van der Waals surface area contributed by atoms with E-state index in [2.05, 4.69) is 31.9 Å². The Balaban J connectivity index is 1.55. The number of hydrogen-bond acceptors (Lipinski definition) is 4. The first-order valence-corrected chi connectivity index (χ1v) is 14.8. The van der Waals surface area contributed by atoms with Crippen LogP contribution in [0.3, 0.4) is 0 Å². The molecule has 2 aliphatic rings. The van der Waals surface area contributed by atoms with Gasteiger partial charge in [-0.2, -0.15) is 35.0 Å². The lowest BCUT2D eigenvalue weighted by atomic mass is 10.0. The number of halogens is 8. The Morgan fingerprint density at radius 1 is 0.865 bits per heavy atom. The summed E-state index contributed by atoms with van der Waals surface area (Å²) in [5, 5.41) is 0. The average Bonchev–Trinajstić information content (AvgIpc) is 3.20. The smallest absolute Gasteiger partial charge is 0.358 e. The minimum absolute atomic E-state index is 0.0171. The Hall–Kier alpha value is -1.04. The van der Waals surface area contributed by atoms with Crippen LogP contribution >= 0.6 is 31.9 Å². The van der Waals surface area contributed by atoms with Crippen molar-refractivity contribution >= 4 is 52.9 Å². The van der Waals surface area contributed by atoms with Gasteiger partial charge in [0.2, 0.25) is 10.0 Å². The molecule has 2 aliphatic heterocycles. The first-order valence-electron chi connectivity index (χ1n) is 10.6. The number of alkyl halides is 6. The minimum atomic E-state index is -4.77. The summed E-state index contributed by atoms with van der Waals surface area (Å²) in [7, 11) is -6.34. The molecule has 0 aromatic heterocycles. The second-order valence-electron chi connectivity index (χ2n) is 8.33. The van der Waals surface area contributed by atoms with Crippen LogP contribution in [0.1, 0.15) is 24.0 Å². The van der Waals surface area contributed by atoms with E-state index in [9.17, 15) is 39.0 Å². The average molecular weight is 700 g/mol. The molecule has 0 amide bonds. The fourth-order valence-electron chi connectivity index (χ4n) is 4.29. The summed E-state index contributed by atoms with van der Waals surface area (Å²) >= 11 is 5.63. The maximum atomic E-state index is 13.3. The van der Waals surface area contributed by atoms with E-state index in [1.165, 1.54) is 10.4 Å². The molecule has 2 fully saturated rings. The molecular formula is C21H18Br2F6N2O4S2. The highest BCUT2D eigenvalue weighted by atomic mass is 79.9. The van der Waals surface area contributed by atoms with E-state index in [0.29, 0.717) is 6.07 Å². The zero-order valence-corrected chi connectivity index (χ0v) is 23.4. The van der Waals surface area contributed by atoms with Crippen molar-refractivity contribution in [2.45, 2.75) is 40.7 Å². The fourth-order valence-corrected chi connectivity index (χ4v) is 8.13. The topological polar surface area (TPSA) is 66.9 Å². The number of sulfonamides is 1. The maximum absolute atomic E-state index is 13.3. The van der Waals surface area contributed by atoms with Gasteiger partial charge in [0.25, 0.3) is 0 Å². The van der Waals surface area contributed by atoms with Crippen molar-refractivity contribution in [2.24, 2.45) is 0 Å². The Morgan fingerprint density at radius 2 is 1.41 bits per heavy atom. The van der Waals surface area contributed by atoms with Gasteiger partial charge in [0, 0.05) is 41.4 Å². The van der Waals surface area contributed by atoms with Crippen molar-refractivity contribution < 1.29 is 43.7 Å². The molecule has 2 aromatic rings. The normalized spacial score (nSPS) is 20.4. The second kappa shape index (κ2) is 10.2. The van der Waals surface area contributed by atoms with Crippen molar-refractivity contribution in [3.8, 4) is 0 Å². The van der Waals surface area contributed by atoms with Crippen LogP contribution in [0.5, 0.6) is 0 Å². The highest BCUT2D eigenvalue weighted by Gasteiger charge is 2.49. The van der Waals surface area contributed by atoms with Crippen molar-refractivity contribution in [2.75, 3.05) is 26.2 Å². The predicted octanol–water partition coefficient (Wildman–Crippen LogP) is 5.79. The van der Waals surface area contributed by atoms with Gasteiger partial charge in [-0.3, -0.25) is 0 Å². The first-order chi connectivity index (χ1) is 17.1. The molecule has 1 spiro atoms. The molecular weight excluding hydrogens is 682 g/mol. The lowest BCUT2D eigenvalue weighted by Gasteiger charge is -2.42. The molecule has 2 heterocycles. The van der Waals surface area contributed by atoms with Crippen LogP contribution in [-0.4, -0.2) is 53.2 Å². The molecule has 204 valence electrons. The monoisotopic (exact) mass is 698 g/mol. The molecule has 0 N–H and O–H groups in total. The standard InChI is InChI=1S/C21H18Br2F6N2O4S2/c22-17-3-1-13(11-15(17)20(24,25)26)36(32)31-9-10-35-19(31)5-7-30(8-6-19)37(33,34)14-2-4-18(23)16(12-14)21(27,28)29/h1-4,11-12H,5-10H2. The molecule has 1 unspecified atom stereocenters. The van der Waals surface area contributed by atoms with Gasteiger partial charge in [-0.25, -0.2) is 12.6 Å². The molecule has 0 bridgehead atoms. The lowest BCUT2D eigenvalue weighted by molar-refractivity contribution is -0.139. The van der Waals surface area contributed by atoms with Gasteiger partial charge in [0.1, 0.15) is 16.7 Å². The van der Waals surface area contributed by atoms with E-state index in [0.717, 1.165) is 28.6 Å². The third-order valence-corrected chi connectivity index (χ3v) is 11.0. The van der Waals surface area contributed by atoms with E-state index in [4.69, 9.17) is 4.74 Å². The molecule has 2 saturated heterocycles. The van der Waals surface area contributed by atoms with Crippen LogP contribution in [0.25, 0.3) is 0 Å². The van der Waals surface area contributed by atoms with E-state index in [1.807, 2.05) is 0 Å². The molecule has 16 heteroatoms. The summed E-state index contributed by atoms with van der Waals surface area (Å²) in [6.45, 7) is -0.0373. The van der Waals surface area contributed by atoms with Gasteiger partial charge >= 0.3 is 12.4 Å². The number of benzene rings is 2. The fraction of sp³-hybridized carbons (Fsp3) is 0.429. The Morgan fingerprint density at radius 3 is 1.97 bits per heavy atom. The SMILES string of the molecule is O=S(c1ccc(Br)c(C(F)(F)F)c1)N1CCOC12CCN(S(=O)(=O)c1ccc(Br)c(C(F)(F)F)c1)CC2. The van der Waals surface area contributed by atoms with Crippen LogP contribution in [0.15, 0.2) is 55.1 Å². The summed E-state index contributed by atoms with van der Waals surface area (Å²) in [6.07, 6.45) is -9.40. The number of hydrogen-bond donors (Lipinski definition) is 0. The number of ether oxygens (including phenoxy) is 1. The van der Waals surface area contributed by atoms with Crippen LogP contribution < -0.4 is 0 Å². The second-order valence-corrected chi connectivity index (χ2v) is 13.4. The van der Waals surface area contributed by atoms with E-state index in [-0.39, 0.29) is 52.9 Å². The van der Waals surface area contributed by atoms with Crippen LogP contribution in [-0.2, 0) is 38.1 Å². The molecule has 2 aromatic carbocycles. The number of rotatable bonds is 4. The van der Waals surface area contributed by atoms with Crippen molar-refractivity contribution in [1.29, 1.82) is 0 Å². The van der Waals surface area contributed by atoms with E-state index >= 15 is 0 Å². The predicted molar refractivity (Wildman–Crippen MR) is 128 cm³/mol. The first kappa shape index (κ1) is 29.0. The zero-order chi connectivity index (χ0) is 27.4. The molecule has 0 radical (unpaired) electrons. The largest absolute Gasteiger partial charge is 0.417 e. The van der Waals surface area contributed by atoms with Gasteiger partial charge in [-0.1, -0.05) is 31.9 Å². The number of nitrogens with zero attached hydrogens (tertiary/aromatic N) is 2. The summed E-state index contributed by atoms with van der Waals surface area (Å²) in [5.74, 6) is 0. The van der Waals surface area contributed by atoms with Gasteiger partial charge in [0.15, 0.2) is 0 Å².